The summed E-state index contributed by atoms with van der Waals surface area (Å²) in [6.07, 6.45) is 2.40. The predicted molar refractivity (Wildman–Crippen MR) is 103 cm³/mol. The molecular formula is C17H26N4O3S. The highest BCUT2D eigenvalue weighted by molar-refractivity contribution is 7.98. The monoisotopic (exact) mass is 366 g/mol. The van der Waals surface area contributed by atoms with E-state index < -0.39 is 17.5 Å². The molecule has 0 bridgehead atoms. The fraction of sp³-hybridized carbons (Fsp3) is 0.471. The van der Waals surface area contributed by atoms with Gasteiger partial charge in [0.1, 0.15) is 6.04 Å². The number of hydrogen-bond donors (Lipinski definition) is 4. The molecule has 138 valence electrons. The normalized spacial score (nSPS) is 12.2. The van der Waals surface area contributed by atoms with Crippen LogP contribution in [-0.2, 0) is 9.59 Å². The Morgan fingerprint density at radius 2 is 1.60 bits per heavy atom. The molecule has 5 N–H and O–H groups in total. The van der Waals surface area contributed by atoms with Crippen molar-refractivity contribution in [1.29, 1.82) is 0 Å². The summed E-state index contributed by atoms with van der Waals surface area (Å²) in [6.45, 7) is 5.49. The number of nitrogens with one attached hydrogen (secondary N) is 3. The molecular weight excluding hydrogens is 340 g/mol. The van der Waals surface area contributed by atoms with E-state index in [-0.39, 0.29) is 11.8 Å². The molecule has 0 heterocycles. The van der Waals surface area contributed by atoms with Crippen molar-refractivity contribution in [2.75, 3.05) is 22.6 Å². The number of rotatable bonds is 7. The second-order valence-corrected chi connectivity index (χ2v) is 7.60. The van der Waals surface area contributed by atoms with Crippen molar-refractivity contribution in [3.8, 4) is 0 Å². The molecule has 1 rings (SSSR count). The first-order chi connectivity index (χ1) is 11.6. The second-order valence-electron chi connectivity index (χ2n) is 6.61. The lowest BCUT2D eigenvalue weighted by atomic mass is 9.95. The third kappa shape index (κ3) is 7.47. The number of urea groups is 1. The molecule has 0 aliphatic rings. The van der Waals surface area contributed by atoms with E-state index in [4.69, 9.17) is 5.73 Å². The molecule has 8 heteroatoms. The van der Waals surface area contributed by atoms with E-state index in [9.17, 15) is 14.4 Å². The fourth-order valence-corrected chi connectivity index (χ4v) is 2.33. The van der Waals surface area contributed by atoms with E-state index in [1.807, 2.05) is 27.0 Å². The summed E-state index contributed by atoms with van der Waals surface area (Å²) in [4.78, 5) is 35.3. The first kappa shape index (κ1) is 20.8. The average molecular weight is 366 g/mol. The van der Waals surface area contributed by atoms with Crippen molar-refractivity contribution in [2.24, 2.45) is 11.1 Å². The molecule has 0 fully saturated rings. The average Bonchev–Trinajstić information content (AvgIpc) is 2.51. The van der Waals surface area contributed by atoms with Crippen molar-refractivity contribution in [3.05, 3.63) is 24.3 Å². The zero-order chi connectivity index (χ0) is 19.0. The van der Waals surface area contributed by atoms with Gasteiger partial charge in [-0.1, -0.05) is 20.8 Å². The highest BCUT2D eigenvalue weighted by atomic mass is 32.2. The van der Waals surface area contributed by atoms with Crippen LogP contribution in [0.15, 0.2) is 24.3 Å². The number of carbonyl (C=O) groups excluding carboxylic acids is 3. The van der Waals surface area contributed by atoms with E-state index in [0.29, 0.717) is 17.8 Å². The first-order valence-electron chi connectivity index (χ1n) is 7.90. The Morgan fingerprint density at radius 3 is 2.04 bits per heavy atom. The van der Waals surface area contributed by atoms with Crippen LogP contribution in [0.3, 0.4) is 0 Å². The molecule has 0 spiro atoms. The van der Waals surface area contributed by atoms with Crippen LogP contribution in [0.25, 0.3) is 0 Å². The number of hydrogen-bond acceptors (Lipinski definition) is 4. The Hall–Kier alpha value is -2.22. The summed E-state index contributed by atoms with van der Waals surface area (Å²) >= 11 is 1.58. The Labute approximate surface area is 152 Å². The van der Waals surface area contributed by atoms with Gasteiger partial charge in [-0.3, -0.25) is 9.59 Å². The number of amides is 4. The van der Waals surface area contributed by atoms with Gasteiger partial charge >= 0.3 is 6.03 Å². The Kier molecular flexibility index (Phi) is 7.76. The molecule has 4 amide bonds. The van der Waals surface area contributed by atoms with Gasteiger partial charge in [-0.2, -0.15) is 11.8 Å². The van der Waals surface area contributed by atoms with E-state index in [1.54, 1.807) is 36.0 Å². The minimum Gasteiger partial charge on any atom is -0.352 e. The SMILES string of the molecule is CSCC[C@@H](NC(N)=O)C(=O)Nc1ccc(NC(=O)C(C)(C)C)cc1. The summed E-state index contributed by atoms with van der Waals surface area (Å²) in [5.41, 5.74) is 5.85. The number of anilines is 2. The standard InChI is InChI=1S/C17H26N4O3S/c1-17(2,3)15(23)20-12-7-5-11(6-8-12)19-14(22)13(9-10-25-4)21-16(18)24/h5-8,13H,9-10H2,1-4H3,(H,19,22)(H,20,23)(H3,18,21,24)/t13-/m1/s1. The van der Waals surface area contributed by atoms with Crippen LogP contribution in [0, 0.1) is 5.41 Å². The first-order valence-corrected chi connectivity index (χ1v) is 9.30. The van der Waals surface area contributed by atoms with Crippen molar-refractivity contribution in [3.63, 3.8) is 0 Å². The smallest absolute Gasteiger partial charge is 0.312 e. The maximum atomic E-state index is 12.3. The fourth-order valence-electron chi connectivity index (χ4n) is 1.86. The van der Waals surface area contributed by atoms with Gasteiger partial charge < -0.3 is 21.7 Å². The molecule has 0 unspecified atom stereocenters. The summed E-state index contributed by atoms with van der Waals surface area (Å²) in [5.74, 6) is 0.294. The van der Waals surface area contributed by atoms with Gasteiger partial charge in [0, 0.05) is 16.8 Å². The highest BCUT2D eigenvalue weighted by Crippen LogP contribution is 2.19. The highest BCUT2D eigenvalue weighted by Gasteiger charge is 2.21. The van der Waals surface area contributed by atoms with Crippen LogP contribution in [0.2, 0.25) is 0 Å². The molecule has 25 heavy (non-hydrogen) atoms. The number of carbonyl (C=O) groups is 3. The maximum absolute atomic E-state index is 12.3. The van der Waals surface area contributed by atoms with Gasteiger partial charge in [-0.15, -0.1) is 0 Å². The molecule has 0 saturated heterocycles. The number of primary amides is 1. The zero-order valence-corrected chi connectivity index (χ0v) is 15.8. The van der Waals surface area contributed by atoms with Crippen LogP contribution in [0.1, 0.15) is 27.2 Å². The van der Waals surface area contributed by atoms with Gasteiger partial charge in [0.15, 0.2) is 0 Å². The summed E-state index contributed by atoms with van der Waals surface area (Å²) in [7, 11) is 0. The van der Waals surface area contributed by atoms with Gasteiger partial charge in [0.2, 0.25) is 11.8 Å². The molecule has 1 atom stereocenters. The Bertz CT molecular complexity index is 611. The zero-order valence-electron chi connectivity index (χ0n) is 15.0. The maximum Gasteiger partial charge on any atom is 0.312 e. The molecule has 0 aromatic heterocycles. The van der Waals surface area contributed by atoms with Crippen molar-refractivity contribution >= 4 is 41.0 Å². The van der Waals surface area contributed by atoms with Crippen LogP contribution in [0.5, 0.6) is 0 Å². The van der Waals surface area contributed by atoms with Gasteiger partial charge in [0.05, 0.1) is 0 Å². The number of nitrogens with two attached hydrogens (primary N) is 1. The largest absolute Gasteiger partial charge is 0.352 e. The quantitative estimate of drug-likeness (QED) is 0.593. The lowest BCUT2D eigenvalue weighted by Gasteiger charge is -2.18. The van der Waals surface area contributed by atoms with Crippen LogP contribution >= 0.6 is 11.8 Å². The minimum absolute atomic E-state index is 0.0907. The van der Waals surface area contributed by atoms with E-state index in [1.165, 1.54) is 0 Å². The molecule has 0 saturated carbocycles. The van der Waals surface area contributed by atoms with E-state index in [0.717, 1.165) is 5.75 Å². The molecule has 0 aliphatic carbocycles. The van der Waals surface area contributed by atoms with Crippen LogP contribution in [0.4, 0.5) is 16.2 Å². The number of benzene rings is 1. The minimum atomic E-state index is -0.735. The van der Waals surface area contributed by atoms with Crippen molar-refractivity contribution < 1.29 is 14.4 Å². The summed E-state index contributed by atoms with van der Waals surface area (Å²) in [6, 6.07) is 5.36. The third-order valence-corrected chi connectivity index (χ3v) is 3.98. The Morgan fingerprint density at radius 1 is 1.08 bits per heavy atom. The van der Waals surface area contributed by atoms with Crippen LogP contribution < -0.4 is 21.7 Å². The van der Waals surface area contributed by atoms with Crippen LogP contribution in [-0.4, -0.2) is 35.9 Å². The lowest BCUT2D eigenvalue weighted by Crippen LogP contribution is -2.46. The Balaban J connectivity index is 2.70. The van der Waals surface area contributed by atoms with Crippen molar-refractivity contribution in [2.45, 2.75) is 33.2 Å². The van der Waals surface area contributed by atoms with Gasteiger partial charge in [-0.25, -0.2) is 4.79 Å². The summed E-state index contributed by atoms with van der Waals surface area (Å²) < 4.78 is 0. The second kappa shape index (κ2) is 9.31. The predicted octanol–water partition coefficient (Wildman–Crippen LogP) is 2.40. The third-order valence-electron chi connectivity index (χ3n) is 3.34. The topological polar surface area (TPSA) is 113 Å². The lowest BCUT2D eigenvalue weighted by molar-refractivity contribution is -0.123. The number of thioether (sulfide) groups is 1. The summed E-state index contributed by atoms with van der Waals surface area (Å²) in [5, 5.41) is 7.99. The van der Waals surface area contributed by atoms with Gasteiger partial charge in [0.25, 0.3) is 0 Å². The van der Waals surface area contributed by atoms with Crippen molar-refractivity contribution in [1.82, 2.24) is 5.32 Å². The molecule has 0 radical (unpaired) electrons. The van der Waals surface area contributed by atoms with E-state index in [2.05, 4.69) is 16.0 Å². The molecule has 1 aromatic rings. The molecule has 7 nitrogen and oxygen atoms in total. The van der Waals surface area contributed by atoms with Gasteiger partial charge in [-0.05, 0) is 42.7 Å². The van der Waals surface area contributed by atoms with E-state index >= 15 is 0 Å². The molecule has 1 aromatic carbocycles. The molecule has 0 aliphatic heterocycles.